The predicted molar refractivity (Wildman–Crippen MR) is 99.3 cm³/mol. The third kappa shape index (κ3) is 4.67. The molecule has 0 fully saturated rings. The molecule has 0 unspecified atom stereocenters. The Morgan fingerprint density at radius 2 is 1.91 bits per heavy atom. The van der Waals surface area contributed by atoms with Gasteiger partial charge in [-0.15, -0.1) is 0 Å². The summed E-state index contributed by atoms with van der Waals surface area (Å²) < 4.78 is 0. The molecule has 0 aromatic heterocycles. The second-order valence-electron chi connectivity index (χ2n) is 7.54. The van der Waals surface area contributed by atoms with Crippen LogP contribution >= 0.6 is 0 Å². The van der Waals surface area contributed by atoms with E-state index < -0.39 is 0 Å². The van der Waals surface area contributed by atoms with E-state index in [0.717, 1.165) is 31.1 Å². The Morgan fingerprint density at radius 3 is 2.61 bits per heavy atom. The van der Waals surface area contributed by atoms with Gasteiger partial charge < -0.3 is 0 Å². The first kappa shape index (κ1) is 17.7. The number of rotatable bonds is 3. The fraction of sp³-hybridized carbons (Fsp3) is 0.500. The van der Waals surface area contributed by atoms with Gasteiger partial charge in [-0.25, -0.2) is 0 Å². The lowest BCUT2D eigenvalue weighted by atomic mass is 9.72. The average molecular weight is 310 g/mol. The molecule has 124 valence electrons. The first-order chi connectivity index (χ1) is 10.9. The lowest BCUT2D eigenvalue weighted by Gasteiger charge is -2.33. The van der Waals surface area contributed by atoms with Gasteiger partial charge in [0, 0.05) is 0 Å². The highest BCUT2D eigenvalue weighted by atomic mass is 16.1. The van der Waals surface area contributed by atoms with E-state index >= 15 is 0 Å². The zero-order valence-corrected chi connectivity index (χ0v) is 15.1. The highest BCUT2D eigenvalue weighted by Gasteiger charge is 2.26. The van der Waals surface area contributed by atoms with E-state index in [1.165, 1.54) is 36.0 Å². The van der Waals surface area contributed by atoms with Crippen molar-refractivity contribution < 1.29 is 4.79 Å². The largest absolute Gasteiger partial charge is 0.299 e. The molecule has 0 aliphatic heterocycles. The Labute approximate surface area is 141 Å². The molecule has 23 heavy (non-hydrogen) atoms. The number of carbonyl (C=O) groups excluding carboxylic acids is 1. The minimum Gasteiger partial charge on any atom is -0.299 e. The molecular formula is C22H30O. The van der Waals surface area contributed by atoms with Gasteiger partial charge in [-0.2, -0.15) is 0 Å². The number of allylic oxidation sites excluding steroid dienone is 10. The lowest BCUT2D eigenvalue weighted by molar-refractivity contribution is -0.104. The highest BCUT2D eigenvalue weighted by Crippen LogP contribution is 2.40. The molecule has 2 aliphatic carbocycles. The molecule has 2 aliphatic rings. The topological polar surface area (TPSA) is 17.1 Å². The number of aldehydes is 1. The van der Waals surface area contributed by atoms with Crippen LogP contribution in [0.5, 0.6) is 0 Å². The van der Waals surface area contributed by atoms with Gasteiger partial charge in [-0.05, 0) is 86.2 Å². The molecule has 0 aromatic carbocycles. The van der Waals surface area contributed by atoms with Crippen molar-refractivity contribution in [1.29, 1.82) is 0 Å². The summed E-state index contributed by atoms with van der Waals surface area (Å²) in [6, 6.07) is 0. The van der Waals surface area contributed by atoms with Crippen molar-refractivity contribution >= 4 is 6.29 Å². The monoisotopic (exact) mass is 310 g/mol. The fourth-order valence-corrected chi connectivity index (χ4v) is 3.74. The summed E-state index contributed by atoms with van der Waals surface area (Å²) in [5.41, 5.74) is 7.23. The van der Waals surface area contributed by atoms with E-state index in [0.29, 0.717) is 5.41 Å². The van der Waals surface area contributed by atoms with E-state index in [9.17, 15) is 4.79 Å². The van der Waals surface area contributed by atoms with E-state index in [1.807, 2.05) is 0 Å². The summed E-state index contributed by atoms with van der Waals surface area (Å²) in [6.45, 7) is 9.21. The van der Waals surface area contributed by atoms with Crippen molar-refractivity contribution in [3.8, 4) is 0 Å². The predicted octanol–water partition coefficient (Wildman–Crippen LogP) is 6.25. The first-order valence-electron chi connectivity index (χ1n) is 8.84. The number of hydrogen-bond acceptors (Lipinski definition) is 1. The van der Waals surface area contributed by atoms with E-state index in [-0.39, 0.29) is 0 Å². The van der Waals surface area contributed by atoms with Crippen molar-refractivity contribution in [2.24, 2.45) is 5.41 Å². The summed E-state index contributed by atoms with van der Waals surface area (Å²) in [7, 11) is 0. The molecule has 0 N–H and O–H groups in total. The summed E-state index contributed by atoms with van der Waals surface area (Å²) in [4.78, 5) is 10.6. The maximum atomic E-state index is 10.6. The van der Waals surface area contributed by atoms with Gasteiger partial charge in [-0.3, -0.25) is 4.79 Å². The maximum absolute atomic E-state index is 10.6. The lowest BCUT2D eigenvalue weighted by Crippen LogP contribution is -2.19. The molecule has 0 saturated heterocycles. The van der Waals surface area contributed by atoms with Crippen molar-refractivity contribution in [3.63, 3.8) is 0 Å². The van der Waals surface area contributed by atoms with Crippen molar-refractivity contribution in [3.05, 3.63) is 58.2 Å². The molecule has 0 atom stereocenters. The van der Waals surface area contributed by atoms with Crippen molar-refractivity contribution in [1.82, 2.24) is 0 Å². The summed E-state index contributed by atoms with van der Waals surface area (Å²) in [5, 5.41) is 0. The molecule has 2 rings (SSSR count). The molecule has 1 heteroatoms. The van der Waals surface area contributed by atoms with Gasteiger partial charge in [0.2, 0.25) is 0 Å². The number of carbonyl (C=O) groups is 1. The third-order valence-corrected chi connectivity index (χ3v) is 5.24. The van der Waals surface area contributed by atoms with Crippen molar-refractivity contribution in [2.45, 2.75) is 66.2 Å². The molecule has 0 radical (unpaired) electrons. The van der Waals surface area contributed by atoms with Crippen LogP contribution in [0.15, 0.2) is 58.2 Å². The quantitative estimate of drug-likeness (QED) is 0.444. The molecule has 0 spiro atoms. The second-order valence-corrected chi connectivity index (χ2v) is 7.54. The Kier molecular flexibility index (Phi) is 5.98. The molecule has 1 nitrogen and oxygen atoms in total. The second kappa shape index (κ2) is 7.77. The number of hydrogen-bond donors (Lipinski definition) is 0. The zero-order valence-electron chi connectivity index (χ0n) is 15.1. The van der Waals surface area contributed by atoms with Crippen LogP contribution in [-0.2, 0) is 4.79 Å². The first-order valence-corrected chi connectivity index (χ1v) is 8.84. The van der Waals surface area contributed by atoms with Crippen LogP contribution in [-0.4, -0.2) is 6.29 Å². The van der Waals surface area contributed by atoms with Crippen LogP contribution < -0.4 is 0 Å². The van der Waals surface area contributed by atoms with Crippen LogP contribution in [0, 0.1) is 5.41 Å². The molecule has 0 saturated carbocycles. The van der Waals surface area contributed by atoms with E-state index in [1.54, 1.807) is 11.6 Å². The van der Waals surface area contributed by atoms with Crippen LogP contribution in [0.4, 0.5) is 0 Å². The standard InChI is InChI=1S/C22H30O/c1-17(20-9-5-8-19(11-12-20)14-16-23)10-13-21-18(2)7-6-15-22(21,3)4/h10-14,16H,5-9,15H2,1-4H3/b13-10+,19-14+,20-17+. The van der Waals surface area contributed by atoms with E-state index in [2.05, 4.69) is 52.0 Å². The molecular weight excluding hydrogens is 280 g/mol. The summed E-state index contributed by atoms with van der Waals surface area (Å²) >= 11 is 0. The van der Waals surface area contributed by atoms with E-state index in [4.69, 9.17) is 0 Å². The smallest absolute Gasteiger partial charge is 0.143 e. The Morgan fingerprint density at radius 1 is 1.13 bits per heavy atom. The minimum atomic E-state index is 0.295. The average Bonchev–Trinajstić information content (AvgIpc) is 2.72. The van der Waals surface area contributed by atoms with Crippen LogP contribution in [0.3, 0.4) is 0 Å². The summed E-state index contributed by atoms with van der Waals surface area (Å²) in [6.07, 6.45) is 18.5. The SMILES string of the molecule is CC1=C(/C=C/C(C)=C2C=C/C(=C/C=O)CCC/2)C(C)(C)CCC1. The van der Waals surface area contributed by atoms with Crippen LogP contribution in [0.1, 0.15) is 66.2 Å². The minimum absolute atomic E-state index is 0.295. The van der Waals surface area contributed by atoms with Gasteiger partial charge in [0.25, 0.3) is 0 Å². The summed E-state index contributed by atoms with van der Waals surface area (Å²) in [5.74, 6) is 0. The maximum Gasteiger partial charge on any atom is 0.143 e. The Bertz CT molecular complexity index is 606. The zero-order chi connectivity index (χ0) is 16.9. The van der Waals surface area contributed by atoms with Gasteiger partial charge >= 0.3 is 0 Å². The Hall–Kier alpha value is -1.63. The fourth-order valence-electron chi connectivity index (χ4n) is 3.74. The molecule has 0 aromatic rings. The molecule has 0 bridgehead atoms. The third-order valence-electron chi connectivity index (χ3n) is 5.24. The van der Waals surface area contributed by atoms with Crippen molar-refractivity contribution in [2.75, 3.05) is 0 Å². The Balaban J connectivity index is 2.23. The van der Waals surface area contributed by atoms with Crippen LogP contribution in [0.2, 0.25) is 0 Å². The normalized spacial score (nSPS) is 25.8. The van der Waals surface area contributed by atoms with Gasteiger partial charge in [-0.1, -0.05) is 43.7 Å². The van der Waals surface area contributed by atoms with Gasteiger partial charge in [0.1, 0.15) is 6.29 Å². The molecule has 0 amide bonds. The molecule has 0 heterocycles. The highest BCUT2D eigenvalue weighted by molar-refractivity contribution is 5.67. The van der Waals surface area contributed by atoms with Gasteiger partial charge in [0.15, 0.2) is 0 Å². The van der Waals surface area contributed by atoms with Gasteiger partial charge in [0.05, 0.1) is 0 Å². The van der Waals surface area contributed by atoms with Crippen LogP contribution in [0.25, 0.3) is 0 Å².